The average Bonchev–Trinajstić information content (AvgIpc) is 2.62. The summed E-state index contributed by atoms with van der Waals surface area (Å²) in [6, 6.07) is 8.98. The number of benzene rings is 1. The fourth-order valence-corrected chi connectivity index (χ4v) is 3.63. The lowest BCUT2D eigenvalue weighted by atomic mass is 9.82. The van der Waals surface area contributed by atoms with Crippen LogP contribution in [0, 0.1) is 5.41 Å². The lowest BCUT2D eigenvalue weighted by Crippen LogP contribution is -2.50. The van der Waals surface area contributed by atoms with Gasteiger partial charge in [0.2, 0.25) is 0 Å². The van der Waals surface area contributed by atoms with E-state index in [9.17, 15) is 4.79 Å². The summed E-state index contributed by atoms with van der Waals surface area (Å²) in [5.74, 6) is 0.437. The van der Waals surface area contributed by atoms with Crippen molar-refractivity contribution >= 4 is 12.6 Å². The molecule has 0 aliphatic carbocycles. The van der Waals surface area contributed by atoms with Crippen LogP contribution in [0.25, 0.3) is 0 Å². The van der Waals surface area contributed by atoms with Gasteiger partial charge in [-0.15, -0.1) is 0 Å². The minimum absolute atomic E-state index is 0.196. The monoisotopic (exact) mass is 418 g/mol. The molecule has 0 spiro atoms. The van der Waals surface area contributed by atoms with Crippen LogP contribution in [0.2, 0.25) is 0 Å². The maximum Gasteiger partial charge on any atom is 0.410 e. The molecule has 2 aliphatic rings. The molecule has 0 aromatic heterocycles. The second-order valence-corrected chi connectivity index (χ2v) is 10.1. The zero-order valence-electron chi connectivity index (χ0n) is 19.4. The van der Waals surface area contributed by atoms with E-state index in [4.69, 9.17) is 9.53 Å². The third kappa shape index (κ3) is 7.63. The zero-order chi connectivity index (χ0) is 22.4. The van der Waals surface area contributed by atoms with Crippen LogP contribution in [0.4, 0.5) is 4.79 Å². The highest BCUT2D eigenvalue weighted by Crippen LogP contribution is 2.31. The summed E-state index contributed by atoms with van der Waals surface area (Å²) in [4.78, 5) is 25.3. The van der Waals surface area contributed by atoms with Crippen LogP contribution in [0.5, 0.6) is 0 Å². The fourth-order valence-electron chi connectivity index (χ4n) is 3.63. The van der Waals surface area contributed by atoms with Crippen molar-refractivity contribution in [3.8, 4) is 0 Å². The van der Waals surface area contributed by atoms with Gasteiger partial charge in [-0.05, 0) is 63.2 Å². The largest absolute Gasteiger partial charge is 0.471 e. The average molecular weight is 419 g/mol. The maximum absolute atomic E-state index is 12.0. The van der Waals surface area contributed by atoms with Crippen molar-refractivity contribution in [1.82, 2.24) is 9.80 Å². The van der Waals surface area contributed by atoms with E-state index in [1.54, 1.807) is 4.90 Å². The van der Waals surface area contributed by atoms with Gasteiger partial charge in [0.15, 0.2) is 0 Å². The predicted octanol–water partition coefficient (Wildman–Crippen LogP) is 4.43. The van der Waals surface area contributed by atoms with Crippen LogP contribution in [0.3, 0.4) is 0 Å². The third-order valence-corrected chi connectivity index (χ3v) is 5.70. The number of carbonyl (C=O) groups is 2. The molecule has 0 N–H and O–H groups in total. The van der Waals surface area contributed by atoms with Gasteiger partial charge in [-0.1, -0.05) is 38.1 Å². The molecule has 2 heterocycles. The summed E-state index contributed by atoms with van der Waals surface area (Å²) in [5.41, 5.74) is 2.79. The number of carbonyl (C=O) groups excluding carboxylic acids is 2. The van der Waals surface area contributed by atoms with E-state index in [0.717, 1.165) is 19.6 Å². The highest BCUT2D eigenvalue weighted by molar-refractivity contribution is 5.69. The van der Waals surface area contributed by atoms with Gasteiger partial charge >= 0.3 is 6.09 Å². The number of rotatable bonds is 4. The molecule has 2 saturated heterocycles. The van der Waals surface area contributed by atoms with Crippen LogP contribution in [-0.4, -0.2) is 61.3 Å². The van der Waals surface area contributed by atoms with Gasteiger partial charge in [-0.2, -0.15) is 0 Å². The number of methoxy groups -OCH3 is 1. The molecule has 0 atom stereocenters. The molecule has 0 unspecified atom stereocenters. The van der Waals surface area contributed by atoms with Crippen molar-refractivity contribution in [3.05, 3.63) is 35.4 Å². The van der Waals surface area contributed by atoms with Gasteiger partial charge in [0, 0.05) is 25.6 Å². The SMILES string of the molecule is CC1(C)CCN(Cc2ccc(C3CN(C(=O)OC(C)(C)C)C3)cc2)CC1.COC=O. The summed E-state index contributed by atoms with van der Waals surface area (Å²) in [6.45, 7) is 15.8. The quantitative estimate of drug-likeness (QED) is 0.677. The second-order valence-electron chi connectivity index (χ2n) is 10.1. The van der Waals surface area contributed by atoms with E-state index in [1.807, 2.05) is 20.8 Å². The number of hydrogen-bond donors (Lipinski definition) is 0. The van der Waals surface area contributed by atoms with Crippen molar-refractivity contribution in [1.29, 1.82) is 0 Å². The van der Waals surface area contributed by atoms with Crippen LogP contribution in [0.15, 0.2) is 24.3 Å². The van der Waals surface area contributed by atoms with Gasteiger partial charge in [0.05, 0.1) is 7.11 Å². The van der Waals surface area contributed by atoms with Crippen LogP contribution >= 0.6 is 0 Å². The Morgan fingerprint density at radius 3 is 2.13 bits per heavy atom. The minimum atomic E-state index is -0.423. The topological polar surface area (TPSA) is 59.1 Å². The van der Waals surface area contributed by atoms with Gasteiger partial charge < -0.3 is 14.4 Å². The number of amides is 1. The molecule has 3 rings (SSSR count). The molecular formula is C24H38N2O4. The lowest BCUT2D eigenvalue weighted by molar-refractivity contribution is -0.126. The molecule has 0 radical (unpaired) electrons. The molecule has 6 nitrogen and oxygen atoms in total. The lowest BCUT2D eigenvalue weighted by Gasteiger charge is -2.40. The van der Waals surface area contributed by atoms with Crippen molar-refractivity contribution < 1.29 is 19.1 Å². The third-order valence-electron chi connectivity index (χ3n) is 5.70. The normalized spacial score (nSPS) is 19.2. The van der Waals surface area contributed by atoms with E-state index in [-0.39, 0.29) is 6.09 Å². The van der Waals surface area contributed by atoms with Crippen molar-refractivity contribution in [2.24, 2.45) is 5.41 Å². The molecule has 6 heteroatoms. The second kappa shape index (κ2) is 10.3. The first kappa shape index (κ1) is 24.2. The van der Waals surface area contributed by atoms with Crippen molar-refractivity contribution in [2.75, 3.05) is 33.3 Å². The first-order valence-corrected chi connectivity index (χ1v) is 10.8. The molecule has 1 amide bonds. The molecule has 0 bridgehead atoms. The number of piperidine rings is 1. The number of nitrogens with zero attached hydrogens (tertiary/aromatic N) is 2. The number of likely N-dealkylation sites (tertiary alicyclic amines) is 2. The zero-order valence-corrected chi connectivity index (χ0v) is 19.4. The Balaban J connectivity index is 0.000000735. The van der Waals surface area contributed by atoms with Gasteiger partial charge in [0.1, 0.15) is 5.60 Å². The number of hydrogen-bond acceptors (Lipinski definition) is 5. The Morgan fingerprint density at radius 2 is 1.67 bits per heavy atom. The Bertz CT molecular complexity index is 678. The first-order chi connectivity index (χ1) is 14.0. The van der Waals surface area contributed by atoms with Gasteiger partial charge in [-0.25, -0.2) is 4.79 Å². The summed E-state index contributed by atoms with van der Waals surface area (Å²) in [7, 11) is 1.31. The molecule has 1 aromatic rings. The Kier molecular flexibility index (Phi) is 8.30. The van der Waals surface area contributed by atoms with E-state index in [0.29, 0.717) is 17.8 Å². The smallest absolute Gasteiger partial charge is 0.410 e. The number of ether oxygens (including phenoxy) is 2. The molecular weight excluding hydrogens is 380 g/mol. The molecule has 1 aromatic carbocycles. The summed E-state index contributed by atoms with van der Waals surface area (Å²) in [6.07, 6.45) is 2.37. The van der Waals surface area contributed by atoms with E-state index in [2.05, 4.69) is 47.7 Å². The molecule has 168 valence electrons. The molecule has 2 aliphatic heterocycles. The summed E-state index contributed by atoms with van der Waals surface area (Å²) >= 11 is 0. The first-order valence-electron chi connectivity index (χ1n) is 10.8. The predicted molar refractivity (Wildman–Crippen MR) is 118 cm³/mol. The highest BCUT2D eigenvalue weighted by Gasteiger charge is 2.34. The molecule has 2 fully saturated rings. The summed E-state index contributed by atoms with van der Waals surface area (Å²) < 4.78 is 9.29. The van der Waals surface area contributed by atoms with Crippen molar-refractivity contribution in [2.45, 2.75) is 65.5 Å². The van der Waals surface area contributed by atoms with Crippen LogP contribution < -0.4 is 0 Å². The minimum Gasteiger partial charge on any atom is -0.471 e. The Hall–Kier alpha value is -2.08. The highest BCUT2D eigenvalue weighted by atomic mass is 16.6. The van der Waals surface area contributed by atoms with Gasteiger partial charge in [-0.3, -0.25) is 9.69 Å². The van der Waals surface area contributed by atoms with Crippen LogP contribution in [-0.2, 0) is 20.8 Å². The molecule has 0 saturated carbocycles. The fraction of sp³-hybridized carbons (Fsp3) is 0.667. The standard InChI is InChI=1S/C22H34N2O2.C2H4O2/c1-21(2,3)26-20(25)24-15-19(16-24)18-8-6-17(7-9-18)14-23-12-10-22(4,5)11-13-23;1-4-2-3/h6-9,19H,10-16H2,1-5H3;2H,1H3. The maximum atomic E-state index is 12.0. The Morgan fingerprint density at radius 1 is 1.13 bits per heavy atom. The Labute approximate surface area is 181 Å². The van der Waals surface area contributed by atoms with E-state index >= 15 is 0 Å². The van der Waals surface area contributed by atoms with Crippen LogP contribution in [0.1, 0.15) is 64.5 Å². The van der Waals surface area contributed by atoms with Crippen molar-refractivity contribution in [3.63, 3.8) is 0 Å². The summed E-state index contributed by atoms with van der Waals surface area (Å²) in [5, 5.41) is 0. The molecule has 30 heavy (non-hydrogen) atoms. The van der Waals surface area contributed by atoms with E-state index in [1.165, 1.54) is 44.2 Å². The van der Waals surface area contributed by atoms with E-state index < -0.39 is 5.60 Å². The van der Waals surface area contributed by atoms with Gasteiger partial charge in [0.25, 0.3) is 6.47 Å².